The maximum absolute atomic E-state index is 13.1. The van der Waals surface area contributed by atoms with Crippen LogP contribution in [0.3, 0.4) is 0 Å². The van der Waals surface area contributed by atoms with Crippen molar-refractivity contribution in [2.75, 3.05) is 25.0 Å². The smallest absolute Gasteiger partial charge is 0.255 e. The first kappa shape index (κ1) is 22.3. The third-order valence-corrected chi connectivity index (χ3v) is 6.30. The molecule has 1 saturated heterocycles. The molecule has 1 fully saturated rings. The van der Waals surface area contributed by atoms with Gasteiger partial charge in [0.1, 0.15) is 11.8 Å². The molecule has 0 radical (unpaired) electrons. The normalized spacial score (nSPS) is 17.8. The second-order valence-corrected chi connectivity index (χ2v) is 8.65. The van der Waals surface area contributed by atoms with E-state index in [-0.39, 0.29) is 23.4 Å². The lowest BCUT2D eigenvalue weighted by atomic mass is 9.89. The Hall–Kier alpha value is -2.92. The van der Waals surface area contributed by atoms with Crippen molar-refractivity contribution < 1.29 is 4.79 Å². The minimum atomic E-state index is -0.141. The van der Waals surface area contributed by atoms with Crippen molar-refractivity contribution in [2.45, 2.75) is 5.92 Å². The van der Waals surface area contributed by atoms with Gasteiger partial charge in [0.2, 0.25) is 5.95 Å². The van der Waals surface area contributed by atoms with Crippen LogP contribution in [0.4, 0.5) is 5.95 Å². The third-order valence-electron chi connectivity index (χ3n) is 5.37. The number of halogens is 3. The minimum absolute atomic E-state index is 0.0276. The van der Waals surface area contributed by atoms with Gasteiger partial charge in [0.05, 0.1) is 33.0 Å². The molecule has 4 rings (SSSR count). The van der Waals surface area contributed by atoms with Gasteiger partial charge in [0, 0.05) is 37.7 Å². The van der Waals surface area contributed by atoms with Crippen LogP contribution < -0.4 is 5.32 Å². The molecule has 1 aliphatic heterocycles. The van der Waals surface area contributed by atoms with E-state index >= 15 is 0 Å². The average Bonchev–Trinajstić information content (AvgIpc) is 3.24. The Morgan fingerprint density at radius 2 is 1.84 bits per heavy atom. The zero-order valence-electron chi connectivity index (χ0n) is 16.7. The molecule has 2 aromatic heterocycles. The van der Waals surface area contributed by atoms with Crippen molar-refractivity contribution in [2.24, 2.45) is 5.92 Å². The van der Waals surface area contributed by atoms with Crippen LogP contribution in [0.15, 0.2) is 48.9 Å². The lowest BCUT2D eigenvalue weighted by Gasteiger charge is -2.19. The van der Waals surface area contributed by atoms with Crippen molar-refractivity contribution in [3.63, 3.8) is 0 Å². The monoisotopic (exact) mass is 486 g/mol. The second kappa shape index (κ2) is 9.70. The summed E-state index contributed by atoms with van der Waals surface area (Å²) in [6, 6.07) is 10.7. The number of hydrogen-bond donors (Lipinski definition) is 1. The highest BCUT2D eigenvalue weighted by molar-refractivity contribution is 6.42. The van der Waals surface area contributed by atoms with E-state index < -0.39 is 0 Å². The van der Waals surface area contributed by atoms with Crippen molar-refractivity contribution in [1.29, 1.82) is 5.26 Å². The van der Waals surface area contributed by atoms with Crippen LogP contribution in [0.25, 0.3) is 0 Å². The number of likely N-dealkylation sites (tertiary alicyclic amines) is 1. The number of carbonyl (C=O) groups excluding carboxylic acids is 1. The average molecular weight is 488 g/mol. The molecule has 0 saturated carbocycles. The van der Waals surface area contributed by atoms with Gasteiger partial charge in [-0.15, -0.1) is 0 Å². The van der Waals surface area contributed by atoms with E-state index in [1.807, 2.05) is 18.2 Å². The molecule has 3 aromatic rings. The summed E-state index contributed by atoms with van der Waals surface area (Å²) in [7, 11) is 0. The number of benzene rings is 1. The van der Waals surface area contributed by atoms with E-state index in [2.05, 4.69) is 20.3 Å². The Morgan fingerprint density at radius 1 is 1.06 bits per heavy atom. The van der Waals surface area contributed by atoms with E-state index in [1.165, 1.54) is 24.7 Å². The standard InChI is InChI=1S/C22H17Cl3N6O/c23-16-9-29-22(30-10-16)28-8-15-11-31(21(32)14-1-3-17(6-26)27-7-14)12-18(15)13-2-4-19(24)20(25)5-13/h1-5,7,9-10,15,18H,8,11-12H2,(H,28,29,30). The SMILES string of the molecule is N#Cc1ccc(C(=O)N2CC(CNc3ncc(Cl)cn3)C(c3ccc(Cl)c(Cl)c3)C2)cn1. The topological polar surface area (TPSA) is 94.8 Å². The first-order valence-electron chi connectivity index (χ1n) is 9.76. The van der Waals surface area contributed by atoms with Gasteiger partial charge in [-0.2, -0.15) is 5.26 Å². The van der Waals surface area contributed by atoms with Gasteiger partial charge in [0.15, 0.2) is 0 Å². The number of carbonyl (C=O) groups is 1. The zero-order chi connectivity index (χ0) is 22.7. The second-order valence-electron chi connectivity index (χ2n) is 7.40. The van der Waals surface area contributed by atoms with E-state index in [1.54, 1.807) is 17.0 Å². The number of amides is 1. The number of nitrogens with one attached hydrogen (secondary N) is 1. The van der Waals surface area contributed by atoms with Crippen LogP contribution in [0.1, 0.15) is 27.5 Å². The van der Waals surface area contributed by atoms with Crippen LogP contribution in [0.2, 0.25) is 15.1 Å². The highest BCUT2D eigenvalue weighted by Gasteiger charge is 2.36. The molecular formula is C22H17Cl3N6O. The van der Waals surface area contributed by atoms with Crippen molar-refractivity contribution >= 4 is 46.7 Å². The highest BCUT2D eigenvalue weighted by atomic mass is 35.5. The molecule has 10 heteroatoms. The lowest BCUT2D eigenvalue weighted by molar-refractivity contribution is 0.0786. The quantitative estimate of drug-likeness (QED) is 0.562. The van der Waals surface area contributed by atoms with E-state index in [0.717, 1.165) is 5.56 Å². The molecule has 1 aliphatic rings. The molecule has 1 amide bonds. The van der Waals surface area contributed by atoms with Crippen molar-refractivity contribution in [3.8, 4) is 6.07 Å². The molecule has 32 heavy (non-hydrogen) atoms. The van der Waals surface area contributed by atoms with E-state index in [4.69, 9.17) is 40.1 Å². The fourth-order valence-electron chi connectivity index (χ4n) is 3.76. The van der Waals surface area contributed by atoms with Gasteiger partial charge >= 0.3 is 0 Å². The summed E-state index contributed by atoms with van der Waals surface area (Å²) in [5.41, 5.74) is 1.70. The van der Waals surface area contributed by atoms with Crippen LogP contribution in [-0.2, 0) is 0 Å². The maximum Gasteiger partial charge on any atom is 0.255 e. The molecule has 162 valence electrons. The fourth-order valence-corrected chi connectivity index (χ4v) is 4.16. The van der Waals surface area contributed by atoms with Gasteiger partial charge in [-0.3, -0.25) is 4.79 Å². The third kappa shape index (κ3) is 4.94. The number of nitriles is 1. The van der Waals surface area contributed by atoms with Crippen LogP contribution in [-0.4, -0.2) is 45.4 Å². The number of nitrogens with zero attached hydrogens (tertiary/aromatic N) is 5. The fraction of sp³-hybridized carbons (Fsp3) is 0.227. The number of anilines is 1. The Bertz CT molecular complexity index is 1160. The van der Waals surface area contributed by atoms with E-state index in [9.17, 15) is 4.79 Å². The number of rotatable bonds is 5. The molecule has 2 atom stereocenters. The van der Waals surface area contributed by atoms with Gasteiger partial charge in [0.25, 0.3) is 5.91 Å². The van der Waals surface area contributed by atoms with Crippen molar-refractivity contribution in [3.05, 3.63) is 80.8 Å². The predicted octanol–water partition coefficient (Wildman–Crippen LogP) is 4.67. The minimum Gasteiger partial charge on any atom is -0.354 e. The van der Waals surface area contributed by atoms with Crippen LogP contribution in [0.5, 0.6) is 0 Å². The Morgan fingerprint density at radius 3 is 2.50 bits per heavy atom. The summed E-state index contributed by atoms with van der Waals surface area (Å²) in [5, 5.41) is 13.6. The zero-order valence-corrected chi connectivity index (χ0v) is 18.9. The molecular weight excluding hydrogens is 471 g/mol. The molecule has 1 aromatic carbocycles. The molecule has 0 bridgehead atoms. The molecule has 0 spiro atoms. The summed E-state index contributed by atoms with van der Waals surface area (Å²) in [6.07, 6.45) is 4.48. The largest absolute Gasteiger partial charge is 0.354 e. The van der Waals surface area contributed by atoms with Gasteiger partial charge < -0.3 is 10.2 Å². The van der Waals surface area contributed by atoms with Gasteiger partial charge in [-0.1, -0.05) is 40.9 Å². The molecule has 1 N–H and O–H groups in total. The Kier molecular flexibility index (Phi) is 6.75. The van der Waals surface area contributed by atoms with Crippen LogP contribution >= 0.6 is 34.8 Å². The predicted molar refractivity (Wildman–Crippen MR) is 123 cm³/mol. The molecule has 3 heterocycles. The van der Waals surface area contributed by atoms with Crippen LogP contribution in [0, 0.1) is 17.2 Å². The van der Waals surface area contributed by atoms with Crippen molar-refractivity contribution in [1.82, 2.24) is 19.9 Å². The number of aromatic nitrogens is 3. The van der Waals surface area contributed by atoms with E-state index in [0.29, 0.717) is 46.2 Å². The molecule has 2 unspecified atom stereocenters. The first-order chi connectivity index (χ1) is 15.4. The molecule has 0 aliphatic carbocycles. The van der Waals surface area contributed by atoms with Gasteiger partial charge in [-0.25, -0.2) is 15.0 Å². The summed E-state index contributed by atoms with van der Waals surface area (Å²) in [4.78, 5) is 27.2. The maximum atomic E-state index is 13.1. The summed E-state index contributed by atoms with van der Waals surface area (Å²) >= 11 is 18.2. The lowest BCUT2D eigenvalue weighted by Crippen LogP contribution is -2.30. The summed E-state index contributed by atoms with van der Waals surface area (Å²) in [5.74, 6) is 0.419. The Balaban J connectivity index is 1.56. The summed E-state index contributed by atoms with van der Waals surface area (Å²) < 4.78 is 0. The summed E-state index contributed by atoms with van der Waals surface area (Å²) in [6.45, 7) is 1.57. The first-order valence-corrected chi connectivity index (χ1v) is 10.9. The highest BCUT2D eigenvalue weighted by Crippen LogP contribution is 2.36. The number of pyridine rings is 1. The van der Waals surface area contributed by atoms with Gasteiger partial charge in [-0.05, 0) is 29.8 Å². The molecule has 7 nitrogen and oxygen atoms in total. The Labute approximate surface area is 200 Å². The number of hydrogen-bond acceptors (Lipinski definition) is 6.